The molecule has 0 aromatic carbocycles. The molecule has 0 amide bonds. The molecule has 0 unspecified atom stereocenters. The molecule has 0 saturated carbocycles. The van der Waals surface area contributed by atoms with E-state index in [0.29, 0.717) is 5.88 Å². The average Bonchev–Trinajstić information content (AvgIpc) is 2.30. The van der Waals surface area contributed by atoms with Crippen molar-refractivity contribution in [2.24, 2.45) is 0 Å². The summed E-state index contributed by atoms with van der Waals surface area (Å²) in [4.78, 5) is 6.61. The zero-order valence-electron chi connectivity index (χ0n) is 9.29. The van der Waals surface area contributed by atoms with Crippen molar-refractivity contribution in [3.05, 3.63) is 17.8 Å². The van der Waals surface area contributed by atoms with Crippen LogP contribution in [0, 0.1) is 6.92 Å². The normalized spacial score (nSPS) is 16.5. The summed E-state index contributed by atoms with van der Waals surface area (Å²) < 4.78 is 5.10. The Morgan fingerprint density at radius 1 is 1.40 bits per heavy atom. The highest BCUT2D eigenvalue weighted by Crippen LogP contribution is 2.22. The molecule has 2 heterocycles. The lowest BCUT2D eigenvalue weighted by atomic mass is 10.2. The van der Waals surface area contributed by atoms with Crippen molar-refractivity contribution >= 4 is 5.69 Å². The van der Waals surface area contributed by atoms with Gasteiger partial charge in [-0.15, -0.1) is 0 Å². The molecule has 2 rings (SSSR count). The third-order valence-electron chi connectivity index (χ3n) is 2.72. The van der Waals surface area contributed by atoms with Crippen LogP contribution in [-0.4, -0.2) is 38.3 Å². The molecule has 0 aliphatic carbocycles. The van der Waals surface area contributed by atoms with Gasteiger partial charge in [-0.2, -0.15) is 0 Å². The van der Waals surface area contributed by atoms with Crippen molar-refractivity contribution in [1.29, 1.82) is 0 Å². The Labute approximate surface area is 90.3 Å². The van der Waals surface area contributed by atoms with Gasteiger partial charge in [-0.25, -0.2) is 4.98 Å². The molecule has 82 valence electrons. The van der Waals surface area contributed by atoms with E-state index in [1.165, 1.54) is 11.3 Å². The van der Waals surface area contributed by atoms with Gasteiger partial charge in [0.05, 0.1) is 19.0 Å². The smallest absolute Gasteiger partial charge is 0.213 e. The quantitative estimate of drug-likeness (QED) is 0.778. The molecule has 1 aliphatic heterocycles. The topological polar surface area (TPSA) is 37.4 Å². The molecule has 1 saturated heterocycles. The van der Waals surface area contributed by atoms with Gasteiger partial charge in [-0.3, -0.25) is 0 Å². The number of aryl methyl sites for hydroxylation is 1. The van der Waals surface area contributed by atoms with Gasteiger partial charge >= 0.3 is 0 Å². The molecular weight excluding hydrogens is 190 g/mol. The largest absolute Gasteiger partial charge is 0.481 e. The summed E-state index contributed by atoms with van der Waals surface area (Å²) >= 11 is 0. The molecule has 0 spiro atoms. The molecule has 15 heavy (non-hydrogen) atoms. The van der Waals surface area contributed by atoms with Gasteiger partial charge in [0.25, 0.3) is 0 Å². The summed E-state index contributed by atoms with van der Waals surface area (Å²) in [5, 5.41) is 3.34. The second kappa shape index (κ2) is 4.49. The zero-order chi connectivity index (χ0) is 10.7. The van der Waals surface area contributed by atoms with E-state index >= 15 is 0 Å². The zero-order valence-corrected chi connectivity index (χ0v) is 9.29. The lowest BCUT2D eigenvalue weighted by Gasteiger charge is -2.30. The van der Waals surface area contributed by atoms with Crippen LogP contribution in [0.25, 0.3) is 0 Å². The summed E-state index contributed by atoms with van der Waals surface area (Å²) in [5.41, 5.74) is 2.45. The first-order valence-corrected chi connectivity index (χ1v) is 5.27. The van der Waals surface area contributed by atoms with Gasteiger partial charge in [-0.1, -0.05) is 0 Å². The van der Waals surface area contributed by atoms with E-state index in [1.54, 1.807) is 7.11 Å². The number of hydrogen-bond donors (Lipinski definition) is 1. The lowest BCUT2D eigenvalue weighted by Crippen LogP contribution is -2.43. The molecule has 1 fully saturated rings. The average molecular weight is 207 g/mol. The Morgan fingerprint density at radius 2 is 2.13 bits per heavy atom. The molecule has 1 aromatic rings. The Morgan fingerprint density at radius 3 is 2.73 bits per heavy atom. The van der Waals surface area contributed by atoms with Crippen LogP contribution in [0.4, 0.5) is 5.69 Å². The number of anilines is 1. The van der Waals surface area contributed by atoms with Crippen molar-refractivity contribution in [3.63, 3.8) is 0 Å². The van der Waals surface area contributed by atoms with E-state index in [-0.39, 0.29) is 0 Å². The third kappa shape index (κ3) is 2.21. The van der Waals surface area contributed by atoms with Gasteiger partial charge < -0.3 is 15.0 Å². The summed E-state index contributed by atoms with van der Waals surface area (Å²) in [6.45, 7) is 6.29. The first-order chi connectivity index (χ1) is 7.31. The van der Waals surface area contributed by atoms with Gasteiger partial charge in [0.2, 0.25) is 5.88 Å². The van der Waals surface area contributed by atoms with E-state index < -0.39 is 0 Å². The predicted octanol–water partition coefficient (Wildman–Crippen LogP) is 0.808. The number of piperazine rings is 1. The highest BCUT2D eigenvalue weighted by molar-refractivity contribution is 5.53. The van der Waals surface area contributed by atoms with E-state index in [4.69, 9.17) is 4.74 Å². The van der Waals surface area contributed by atoms with E-state index in [9.17, 15) is 0 Å². The maximum absolute atomic E-state index is 5.10. The molecule has 0 bridgehead atoms. The predicted molar refractivity (Wildman–Crippen MR) is 60.6 cm³/mol. The molecule has 0 atom stereocenters. The number of nitrogens with zero attached hydrogens (tertiary/aromatic N) is 2. The van der Waals surface area contributed by atoms with Crippen molar-refractivity contribution in [2.45, 2.75) is 6.92 Å². The number of rotatable bonds is 2. The van der Waals surface area contributed by atoms with Crippen LogP contribution in [0.3, 0.4) is 0 Å². The van der Waals surface area contributed by atoms with Crippen molar-refractivity contribution in [2.75, 3.05) is 38.2 Å². The number of nitrogens with one attached hydrogen (secondary N) is 1. The Kier molecular flexibility index (Phi) is 3.06. The fraction of sp³-hybridized carbons (Fsp3) is 0.545. The maximum Gasteiger partial charge on any atom is 0.213 e. The van der Waals surface area contributed by atoms with Crippen molar-refractivity contribution in [3.8, 4) is 5.88 Å². The van der Waals surface area contributed by atoms with Crippen LogP contribution in [0.5, 0.6) is 5.88 Å². The maximum atomic E-state index is 5.10. The monoisotopic (exact) mass is 207 g/mol. The van der Waals surface area contributed by atoms with E-state index in [0.717, 1.165) is 26.2 Å². The Bertz CT molecular complexity index is 335. The number of pyridine rings is 1. The van der Waals surface area contributed by atoms with Crippen LogP contribution >= 0.6 is 0 Å². The summed E-state index contributed by atoms with van der Waals surface area (Å²) in [6, 6.07) is 1.98. The molecule has 1 aromatic heterocycles. The van der Waals surface area contributed by atoms with Crippen molar-refractivity contribution in [1.82, 2.24) is 10.3 Å². The van der Waals surface area contributed by atoms with Gasteiger partial charge in [0.15, 0.2) is 0 Å². The minimum Gasteiger partial charge on any atom is -0.481 e. The van der Waals surface area contributed by atoms with Gasteiger partial charge in [-0.05, 0) is 12.5 Å². The standard InChI is InChI=1S/C11H17N3O/c1-9-7-11(15-2)13-8-10(9)14-5-3-12-4-6-14/h7-8,12H,3-6H2,1-2H3. The first-order valence-electron chi connectivity index (χ1n) is 5.27. The van der Waals surface area contributed by atoms with E-state index in [2.05, 4.69) is 22.1 Å². The number of ether oxygens (including phenoxy) is 1. The van der Waals surface area contributed by atoms with Crippen LogP contribution in [-0.2, 0) is 0 Å². The molecule has 0 radical (unpaired) electrons. The van der Waals surface area contributed by atoms with E-state index in [1.807, 2.05) is 12.3 Å². The first kappa shape index (κ1) is 10.2. The van der Waals surface area contributed by atoms with Crippen LogP contribution in [0.1, 0.15) is 5.56 Å². The summed E-state index contributed by atoms with van der Waals surface area (Å²) in [6.07, 6.45) is 1.90. The Hall–Kier alpha value is -1.29. The van der Waals surface area contributed by atoms with Crippen LogP contribution in [0.2, 0.25) is 0 Å². The molecule has 1 aliphatic rings. The van der Waals surface area contributed by atoms with Crippen LogP contribution < -0.4 is 15.0 Å². The summed E-state index contributed by atoms with van der Waals surface area (Å²) in [7, 11) is 1.65. The Balaban J connectivity index is 2.19. The lowest BCUT2D eigenvalue weighted by molar-refractivity contribution is 0.397. The van der Waals surface area contributed by atoms with Gasteiger partial charge in [0, 0.05) is 32.2 Å². The second-order valence-electron chi connectivity index (χ2n) is 3.75. The van der Waals surface area contributed by atoms with Crippen LogP contribution in [0.15, 0.2) is 12.3 Å². The minimum absolute atomic E-state index is 0.686. The number of methoxy groups -OCH3 is 1. The highest BCUT2D eigenvalue weighted by Gasteiger charge is 2.13. The fourth-order valence-electron chi connectivity index (χ4n) is 1.87. The molecule has 1 N–H and O–H groups in total. The second-order valence-corrected chi connectivity index (χ2v) is 3.75. The summed E-state index contributed by atoms with van der Waals surface area (Å²) in [5.74, 6) is 0.686. The third-order valence-corrected chi connectivity index (χ3v) is 2.72. The fourth-order valence-corrected chi connectivity index (χ4v) is 1.87. The SMILES string of the molecule is COc1cc(C)c(N2CCNCC2)cn1. The molecule has 4 heteroatoms. The van der Waals surface area contributed by atoms with Gasteiger partial charge in [0.1, 0.15) is 0 Å². The minimum atomic E-state index is 0.686. The highest BCUT2D eigenvalue weighted by atomic mass is 16.5. The van der Waals surface area contributed by atoms with Crippen molar-refractivity contribution < 1.29 is 4.74 Å². The number of aromatic nitrogens is 1. The molecular formula is C11H17N3O. The molecule has 4 nitrogen and oxygen atoms in total. The number of hydrogen-bond acceptors (Lipinski definition) is 4.